The number of likely N-dealkylation sites (N-methyl/N-ethyl adjacent to an activating group) is 1. The van der Waals surface area contributed by atoms with Gasteiger partial charge in [0.25, 0.3) is 0 Å². The SMILES string of the molecule is CCN(CC)C(=S)C1(c2ccccc2)CC1CN. The van der Waals surface area contributed by atoms with Gasteiger partial charge in [-0.1, -0.05) is 42.5 Å². The topological polar surface area (TPSA) is 29.3 Å². The predicted octanol–water partition coefficient (Wildman–Crippen LogP) is 2.57. The van der Waals surface area contributed by atoms with Crippen LogP contribution in [-0.4, -0.2) is 29.5 Å². The van der Waals surface area contributed by atoms with Crippen LogP contribution in [0.1, 0.15) is 25.8 Å². The molecule has 1 aliphatic rings. The Kier molecular flexibility index (Phi) is 4.03. The minimum Gasteiger partial charge on any atom is -0.366 e. The van der Waals surface area contributed by atoms with E-state index in [0.29, 0.717) is 5.92 Å². The number of nitrogens with two attached hydrogens (primary N) is 1. The van der Waals surface area contributed by atoms with Gasteiger partial charge in [0, 0.05) is 13.1 Å². The van der Waals surface area contributed by atoms with Gasteiger partial charge in [0.15, 0.2) is 0 Å². The van der Waals surface area contributed by atoms with E-state index in [1.54, 1.807) is 0 Å². The average molecular weight is 262 g/mol. The van der Waals surface area contributed by atoms with Crippen LogP contribution in [0.15, 0.2) is 30.3 Å². The van der Waals surface area contributed by atoms with E-state index in [-0.39, 0.29) is 5.41 Å². The molecule has 0 heterocycles. The van der Waals surface area contributed by atoms with Crippen LogP contribution in [0.3, 0.4) is 0 Å². The highest BCUT2D eigenvalue weighted by atomic mass is 32.1. The lowest BCUT2D eigenvalue weighted by molar-refractivity contribution is 0.450. The van der Waals surface area contributed by atoms with Gasteiger partial charge in [-0.25, -0.2) is 0 Å². The second-order valence-electron chi connectivity index (χ2n) is 4.95. The molecule has 0 bridgehead atoms. The Morgan fingerprint density at radius 3 is 2.39 bits per heavy atom. The third kappa shape index (κ3) is 2.06. The molecule has 2 atom stereocenters. The summed E-state index contributed by atoms with van der Waals surface area (Å²) in [4.78, 5) is 3.37. The van der Waals surface area contributed by atoms with E-state index in [1.165, 1.54) is 5.56 Å². The van der Waals surface area contributed by atoms with Crippen LogP contribution >= 0.6 is 12.2 Å². The lowest BCUT2D eigenvalue weighted by atomic mass is 9.92. The van der Waals surface area contributed by atoms with Gasteiger partial charge in [0.05, 0.1) is 10.4 Å². The zero-order valence-electron chi connectivity index (χ0n) is 11.2. The summed E-state index contributed by atoms with van der Waals surface area (Å²) in [6, 6.07) is 10.6. The molecule has 0 radical (unpaired) electrons. The number of hydrogen-bond acceptors (Lipinski definition) is 2. The minimum atomic E-state index is 0.0252. The molecule has 2 unspecified atom stereocenters. The van der Waals surface area contributed by atoms with E-state index in [4.69, 9.17) is 18.0 Å². The van der Waals surface area contributed by atoms with E-state index in [9.17, 15) is 0 Å². The van der Waals surface area contributed by atoms with Gasteiger partial charge in [-0.15, -0.1) is 0 Å². The molecule has 2 rings (SSSR count). The summed E-state index contributed by atoms with van der Waals surface area (Å²) in [5.41, 5.74) is 7.25. The fourth-order valence-electron chi connectivity index (χ4n) is 2.88. The maximum absolute atomic E-state index is 5.89. The van der Waals surface area contributed by atoms with Crippen LogP contribution in [-0.2, 0) is 5.41 Å². The van der Waals surface area contributed by atoms with Crippen LogP contribution < -0.4 is 5.73 Å². The normalized spacial score (nSPS) is 25.8. The maximum atomic E-state index is 5.89. The van der Waals surface area contributed by atoms with Crippen molar-refractivity contribution in [3.63, 3.8) is 0 Å². The second kappa shape index (κ2) is 5.37. The summed E-state index contributed by atoms with van der Waals surface area (Å²) >= 11 is 5.77. The Labute approximate surface area is 115 Å². The average Bonchev–Trinajstić information content (AvgIpc) is 3.17. The van der Waals surface area contributed by atoms with Gasteiger partial charge in [0.1, 0.15) is 0 Å². The molecular weight excluding hydrogens is 240 g/mol. The first kappa shape index (κ1) is 13.5. The molecule has 0 spiro atoms. The monoisotopic (exact) mass is 262 g/mol. The van der Waals surface area contributed by atoms with Gasteiger partial charge in [-0.3, -0.25) is 0 Å². The minimum absolute atomic E-state index is 0.0252. The van der Waals surface area contributed by atoms with Crippen molar-refractivity contribution >= 4 is 17.2 Å². The van der Waals surface area contributed by atoms with Crippen LogP contribution in [0.2, 0.25) is 0 Å². The highest BCUT2D eigenvalue weighted by molar-refractivity contribution is 7.80. The smallest absolute Gasteiger partial charge is 0.0889 e. The Morgan fingerprint density at radius 2 is 1.94 bits per heavy atom. The Balaban J connectivity index is 2.32. The summed E-state index contributed by atoms with van der Waals surface area (Å²) in [7, 11) is 0. The molecule has 1 aromatic rings. The Morgan fingerprint density at radius 1 is 1.33 bits per heavy atom. The number of thiocarbonyl (C=S) groups is 1. The fourth-order valence-corrected chi connectivity index (χ4v) is 3.51. The summed E-state index contributed by atoms with van der Waals surface area (Å²) in [5, 5.41) is 0. The third-order valence-corrected chi connectivity index (χ3v) is 4.73. The highest BCUT2D eigenvalue weighted by Crippen LogP contribution is 2.55. The molecule has 1 aliphatic carbocycles. The number of rotatable bonds is 5. The molecule has 1 fully saturated rings. The first-order chi connectivity index (χ1) is 8.70. The third-order valence-electron chi connectivity index (χ3n) is 4.11. The number of hydrogen-bond donors (Lipinski definition) is 1. The molecule has 2 N–H and O–H groups in total. The van der Waals surface area contributed by atoms with Crippen molar-refractivity contribution in [2.24, 2.45) is 11.7 Å². The van der Waals surface area contributed by atoms with Gasteiger partial charge in [0.2, 0.25) is 0 Å². The van der Waals surface area contributed by atoms with Crippen LogP contribution in [0.5, 0.6) is 0 Å². The summed E-state index contributed by atoms with van der Waals surface area (Å²) < 4.78 is 0. The van der Waals surface area contributed by atoms with Crippen molar-refractivity contribution in [1.82, 2.24) is 4.90 Å². The summed E-state index contributed by atoms with van der Waals surface area (Å²) in [6.45, 7) is 6.99. The Bertz CT molecular complexity index is 414. The molecule has 98 valence electrons. The van der Waals surface area contributed by atoms with Crippen LogP contribution in [0.25, 0.3) is 0 Å². The molecule has 0 saturated heterocycles. The molecule has 18 heavy (non-hydrogen) atoms. The standard InChI is InChI=1S/C15H22N2S/c1-3-17(4-2)14(18)15(10-13(15)11-16)12-8-6-5-7-9-12/h5-9,13H,3-4,10-11,16H2,1-2H3. The van der Waals surface area contributed by atoms with Crippen LogP contribution in [0, 0.1) is 5.92 Å². The highest BCUT2D eigenvalue weighted by Gasteiger charge is 2.58. The van der Waals surface area contributed by atoms with E-state index in [1.807, 2.05) is 0 Å². The Hall–Kier alpha value is -0.930. The maximum Gasteiger partial charge on any atom is 0.0889 e. The van der Waals surface area contributed by atoms with E-state index in [0.717, 1.165) is 31.0 Å². The van der Waals surface area contributed by atoms with E-state index < -0.39 is 0 Å². The molecular formula is C15H22N2S. The molecule has 1 saturated carbocycles. The molecule has 1 aromatic carbocycles. The van der Waals surface area contributed by atoms with E-state index >= 15 is 0 Å². The first-order valence-corrected chi connectivity index (χ1v) is 7.16. The lowest BCUT2D eigenvalue weighted by Crippen LogP contribution is -2.39. The second-order valence-corrected chi connectivity index (χ2v) is 5.34. The number of nitrogens with zero attached hydrogens (tertiary/aromatic N) is 1. The zero-order valence-corrected chi connectivity index (χ0v) is 12.0. The molecule has 0 aliphatic heterocycles. The predicted molar refractivity (Wildman–Crippen MR) is 80.8 cm³/mol. The molecule has 3 heteroatoms. The first-order valence-electron chi connectivity index (χ1n) is 6.75. The van der Waals surface area contributed by atoms with Gasteiger partial charge < -0.3 is 10.6 Å². The van der Waals surface area contributed by atoms with Gasteiger partial charge >= 0.3 is 0 Å². The molecule has 2 nitrogen and oxygen atoms in total. The summed E-state index contributed by atoms with van der Waals surface area (Å²) in [5.74, 6) is 0.507. The van der Waals surface area contributed by atoms with E-state index in [2.05, 4.69) is 49.1 Å². The quantitative estimate of drug-likeness (QED) is 0.827. The van der Waals surface area contributed by atoms with Gasteiger partial charge in [-0.05, 0) is 38.3 Å². The van der Waals surface area contributed by atoms with Crippen LogP contribution in [0.4, 0.5) is 0 Å². The fraction of sp³-hybridized carbons (Fsp3) is 0.533. The number of benzene rings is 1. The summed E-state index contributed by atoms with van der Waals surface area (Å²) in [6.07, 6.45) is 1.10. The molecule has 0 aromatic heterocycles. The lowest BCUT2D eigenvalue weighted by Gasteiger charge is -2.29. The van der Waals surface area contributed by atoms with Crippen molar-refractivity contribution in [2.75, 3.05) is 19.6 Å². The largest absolute Gasteiger partial charge is 0.366 e. The van der Waals surface area contributed by atoms with Crippen molar-refractivity contribution in [3.05, 3.63) is 35.9 Å². The van der Waals surface area contributed by atoms with Gasteiger partial charge in [-0.2, -0.15) is 0 Å². The van der Waals surface area contributed by atoms with Crippen molar-refractivity contribution in [3.8, 4) is 0 Å². The van der Waals surface area contributed by atoms with Crippen molar-refractivity contribution in [1.29, 1.82) is 0 Å². The van der Waals surface area contributed by atoms with Crippen molar-refractivity contribution < 1.29 is 0 Å². The zero-order chi connectivity index (χ0) is 13.2. The molecule has 0 amide bonds. The van der Waals surface area contributed by atoms with Crippen molar-refractivity contribution in [2.45, 2.75) is 25.7 Å².